The number of carbonyl (C=O) groups is 1. The summed E-state index contributed by atoms with van der Waals surface area (Å²) in [4.78, 5) is 12.6. The van der Waals surface area contributed by atoms with E-state index in [1.807, 2.05) is 4.90 Å². The van der Waals surface area contributed by atoms with Gasteiger partial charge in [0.1, 0.15) is 12.4 Å². The number of carboxylic acids is 1. The van der Waals surface area contributed by atoms with Gasteiger partial charge in [-0.05, 0) is 32.3 Å². The zero-order chi connectivity index (χ0) is 14.6. The maximum atomic E-state index is 12.7. The third kappa shape index (κ3) is 4.44. The number of hydrogen-bond donors (Lipinski definition) is 1. The normalized spacial score (nSPS) is 11.7. The molecule has 0 spiro atoms. The van der Waals surface area contributed by atoms with Crippen LogP contribution in [0.25, 0.3) is 0 Å². The third-order valence-electron chi connectivity index (χ3n) is 2.33. The Morgan fingerprint density at radius 3 is 2.47 bits per heavy atom. The van der Waals surface area contributed by atoms with E-state index < -0.39 is 23.3 Å². The Morgan fingerprint density at radius 1 is 1.37 bits per heavy atom. The lowest BCUT2D eigenvalue weighted by Gasteiger charge is -2.14. The van der Waals surface area contributed by atoms with Crippen molar-refractivity contribution in [3.63, 3.8) is 0 Å². The molecule has 0 saturated carbocycles. The number of hydrogen-bond acceptors (Lipinski definition) is 3. The molecule has 7 heteroatoms. The second kappa shape index (κ2) is 5.92. The summed E-state index contributed by atoms with van der Waals surface area (Å²) in [6.07, 6.45) is -4.73. The average Bonchev–Trinajstić information content (AvgIpc) is 2.27. The van der Waals surface area contributed by atoms with E-state index in [0.29, 0.717) is 12.6 Å². The number of halogens is 3. The van der Waals surface area contributed by atoms with Gasteiger partial charge in [0.05, 0.1) is 11.1 Å². The smallest absolute Gasteiger partial charge is 0.417 e. The lowest BCUT2D eigenvalue weighted by atomic mass is 10.1. The minimum absolute atomic E-state index is 0.000764. The molecule has 0 saturated heterocycles. The SMILES string of the molecule is CN(C)CCOc1ccc(C(=O)O)c(C(F)(F)F)c1. The standard InChI is InChI=1S/C12H14F3NO3/c1-16(2)5-6-19-8-3-4-9(11(17)18)10(7-8)12(13,14)15/h3-4,7H,5-6H2,1-2H3,(H,17,18). The van der Waals surface area contributed by atoms with Gasteiger partial charge in [-0.3, -0.25) is 0 Å². The van der Waals surface area contributed by atoms with Gasteiger partial charge < -0.3 is 14.7 Å². The van der Waals surface area contributed by atoms with Gasteiger partial charge in [-0.25, -0.2) is 4.79 Å². The number of likely N-dealkylation sites (N-methyl/N-ethyl adjacent to an activating group) is 1. The Balaban J connectivity index is 2.96. The van der Waals surface area contributed by atoms with Gasteiger partial charge in [-0.15, -0.1) is 0 Å². The van der Waals surface area contributed by atoms with E-state index >= 15 is 0 Å². The van der Waals surface area contributed by atoms with Gasteiger partial charge in [0.15, 0.2) is 0 Å². The third-order valence-corrected chi connectivity index (χ3v) is 2.33. The fraction of sp³-hybridized carbons (Fsp3) is 0.417. The molecule has 0 aromatic heterocycles. The number of nitrogens with zero attached hydrogens (tertiary/aromatic N) is 1. The van der Waals surface area contributed by atoms with E-state index in [4.69, 9.17) is 9.84 Å². The zero-order valence-corrected chi connectivity index (χ0v) is 10.5. The van der Waals surface area contributed by atoms with Gasteiger partial charge in [-0.1, -0.05) is 0 Å². The number of rotatable bonds is 5. The number of carboxylic acid groups (broad SMARTS) is 1. The Labute approximate surface area is 108 Å². The summed E-state index contributed by atoms with van der Waals surface area (Å²) < 4.78 is 43.3. The minimum Gasteiger partial charge on any atom is -0.492 e. The molecule has 0 atom stereocenters. The quantitative estimate of drug-likeness (QED) is 0.897. The fourth-order valence-corrected chi connectivity index (χ4v) is 1.38. The van der Waals surface area contributed by atoms with Crippen molar-refractivity contribution >= 4 is 5.97 Å². The van der Waals surface area contributed by atoms with E-state index in [-0.39, 0.29) is 12.4 Å². The molecule has 1 aromatic rings. The second-order valence-electron chi connectivity index (χ2n) is 4.16. The van der Waals surface area contributed by atoms with Crippen molar-refractivity contribution in [3.05, 3.63) is 29.3 Å². The van der Waals surface area contributed by atoms with Crippen molar-refractivity contribution in [2.75, 3.05) is 27.2 Å². The summed E-state index contributed by atoms with van der Waals surface area (Å²) in [6.45, 7) is 0.763. The van der Waals surface area contributed by atoms with Crippen LogP contribution in [0.1, 0.15) is 15.9 Å². The highest BCUT2D eigenvalue weighted by atomic mass is 19.4. The molecule has 106 valence electrons. The van der Waals surface area contributed by atoms with Crippen LogP contribution in [-0.2, 0) is 6.18 Å². The summed E-state index contributed by atoms with van der Waals surface area (Å²) >= 11 is 0. The first-order valence-electron chi connectivity index (χ1n) is 5.44. The zero-order valence-electron chi connectivity index (χ0n) is 10.5. The van der Waals surface area contributed by atoms with E-state index in [1.165, 1.54) is 6.07 Å². The van der Waals surface area contributed by atoms with Gasteiger partial charge in [0.25, 0.3) is 0 Å². The summed E-state index contributed by atoms with van der Waals surface area (Å²) in [5.41, 5.74) is -1.99. The first kappa shape index (κ1) is 15.3. The van der Waals surface area contributed by atoms with Crippen LogP contribution in [0.5, 0.6) is 5.75 Å². The van der Waals surface area contributed by atoms with Crippen molar-refractivity contribution in [2.24, 2.45) is 0 Å². The lowest BCUT2D eigenvalue weighted by molar-refractivity contribution is -0.138. The molecule has 1 rings (SSSR count). The van der Waals surface area contributed by atoms with Gasteiger partial charge in [0.2, 0.25) is 0 Å². The van der Waals surface area contributed by atoms with Crippen molar-refractivity contribution in [2.45, 2.75) is 6.18 Å². The van der Waals surface area contributed by atoms with Gasteiger partial charge in [0, 0.05) is 6.54 Å². The molecule has 0 aliphatic rings. The molecule has 4 nitrogen and oxygen atoms in total. The van der Waals surface area contributed by atoms with Crippen LogP contribution in [0.3, 0.4) is 0 Å². The lowest BCUT2D eigenvalue weighted by Crippen LogP contribution is -2.20. The fourth-order valence-electron chi connectivity index (χ4n) is 1.38. The van der Waals surface area contributed by atoms with E-state index in [9.17, 15) is 18.0 Å². The molecule has 0 heterocycles. The van der Waals surface area contributed by atoms with Crippen LogP contribution in [-0.4, -0.2) is 43.2 Å². The number of aromatic carboxylic acids is 1. The van der Waals surface area contributed by atoms with Crippen LogP contribution in [0.4, 0.5) is 13.2 Å². The monoisotopic (exact) mass is 277 g/mol. The molecule has 0 amide bonds. The van der Waals surface area contributed by atoms with Crippen LogP contribution in [0.15, 0.2) is 18.2 Å². The van der Waals surface area contributed by atoms with Crippen molar-refractivity contribution in [3.8, 4) is 5.75 Å². The van der Waals surface area contributed by atoms with Crippen LogP contribution < -0.4 is 4.74 Å². The maximum absolute atomic E-state index is 12.7. The Bertz CT molecular complexity index is 458. The molecular formula is C12H14F3NO3. The van der Waals surface area contributed by atoms with E-state index in [0.717, 1.165) is 6.07 Å². The molecule has 1 N–H and O–H groups in total. The highest BCUT2D eigenvalue weighted by Gasteiger charge is 2.35. The van der Waals surface area contributed by atoms with Crippen LogP contribution in [0.2, 0.25) is 0 Å². The summed E-state index contributed by atoms with van der Waals surface area (Å²) in [5.74, 6) is -1.62. The molecular weight excluding hydrogens is 263 g/mol. The topological polar surface area (TPSA) is 49.8 Å². The Hall–Kier alpha value is -1.76. The molecule has 0 unspecified atom stereocenters. The maximum Gasteiger partial charge on any atom is 0.417 e. The Morgan fingerprint density at radius 2 is 2.00 bits per heavy atom. The number of alkyl halides is 3. The van der Waals surface area contributed by atoms with Crippen molar-refractivity contribution < 1.29 is 27.8 Å². The highest BCUT2D eigenvalue weighted by molar-refractivity contribution is 5.89. The van der Waals surface area contributed by atoms with Crippen molar-refractivity contribution in [1.82, 2.24) is 4.90 Å². The first-order chi connectivity index (χ1) is 8.71. The van der Waals surface area contributed by atoms with Crippen LogP contribution in [0, 0.1) is 0 Å². The van der Waals surface area contributed by atoms with Gasteiger partial charge >= 0.3 is 12.1 Å². The van der Waals surface area contributed by atoms with Crippen LogP contribution >= 0.6 is 0 Å². The predicted octanol–water partition coefficient (Wildman–Crippen LogP) is 2.34. The minimum atomic E-state index is -4.73. The summed E-state index contributed by atoms with van der Waals surface area (Å²) in [6, 6.07) is 2.82. The molecule has 0 aliphatic heterocycles. The van der Waals surface area contributed by atoms with E-state index in [2.05, 4.69) is 0 Å². The molecule has 0 fully saturated rings. The molecule has 1 aromatic carbocycles. The number of ether oxygens (including phenoxy) is 1. The van der Waals surface area contributed by atoms with Gasteiger partial charge in [-0.2, -0.15) is 13.2 Å². The summed E-state index contributed by atoms with van der Waals surface area (Å²) in [5, 5.41) is 8.72. The Kier molecular flexibility index (Phi) is 4.77. The molecule has 0 radical (unpaired) electrons. The summed E-state index contributed by atoms with van der Waals surface area (Å²) in [7, 11) is 3.61. The average molecular weight is 277 g/mol. The van der Waals surface area contributed by atoms with Crippen molar-refractivity contribution in [1.29, 1.82) is 0 Å². The first-order valence-corrected chi connectivity index (χ1v) is 5.44. The number of benzene rings is 1. The molecule has 0 aliphatic carbocycles. The predicted molar refractivity (Wildman–Crippen MR) is 62.5 cm³/mol. The molecule has 19 heavy (non-hydrogen) atoms. The highest BCUT2D eigenvalue weighted by Crippen LogP contribution is 2.34. The molecule has 0 bridgehead atoms. The largest absolute Gasteiger partial charge is 0.492 e. The second-order valence-corrected chi connectivity index (χ2v) is 4.16. The van der Waals surface area contributed by atoms with E-state index in [1.54, 1.807) is 14.1 Å².